The number of carbonyl (C=O) groups is 3. The third kappa shape index (κ3) is 50.4. The molecule has 0 aromatic rings. The van der Waals surface area contributed by atoms with Crippen LogP contribution < -0.4 is 0 Å². The first-order chi connectivity index (χ1) is 31.5. The van der Waals surface area contributed by atoms with Crippen molar-refractivity contribution in [1.29, 1.82) is 0 Å². The van der Waals surface area contributed by atoms with Gasteiger partial charge in [-0.1, -0.05) is 268 Å². The minimum atomic E-state index is -0.806. The van der Waals surface area contributed by atoms with Gasteiger partial charge in [0.2, 0.25) is 0 Å². The summed E-state index contributed by atoms with van der Waals surface area (Å²) in [5, 5.41) is 0. The first kappa shape index (κ1) is 61.4. The summed E-state index contributed by atoms with van der Waals surface area (Å²) in [6, 6.07) is 0. The number of unbranched alkanes of at least 4 members (excludes halogenated alkanes) is 31. The Morgan fingerprint density at radius 1 is 0.328 bits per heavy atom. The third-order valence-corrected chi connectivity index (χ3v) is 12.1. The molecule has 0 bridgehead atoms. The molecule has 6 heteroatoms. The van der Waals surface area contributed by atoms with Crippen molar-refractivity contribution >= 4 is 17.9 Å². The minimum absolute atomic E-state index is 0.0975. The van der Waals surface area contributed by atoms with Crippen molar-refractivity contribution in [3.63, 3.8) is 0 Å². The zero-order valence-corrected chi connectivity index (χ0v) is 42.6. The summed E-state index contributed by atoms with van der Waals surface area (Å²) in [4.78, 5) is 38.0. The summed E-state index contributed by atoms with van der Waals surface area (Å²) < 4.78 is 16.7. The highest BCUT2D eigenvalue weighted by atomic mass is 16.6. The second-order valence-electron chi connectivity index (χ2n) is 18.5. The molecule has 0 aliphatic rings. The normalized spacial score (nSPS) is 12.4. The molecule has 0 aromatic carbocycles. The Kier molecular flexibility index (Phi) is 50.8. The van der Waals surface area contributed by atoms with Gasteiger partial charge in [0.1, 0.15) is 13.2 Å². The van der Waals surface area contributed by atoms with E-state index in [9.17, 15) is 14.4 Å². The van der Waals surface area contributed by atoms with Gasteiger partial charge in [-0.3, -0.25) is 14.4 Å². The Bertz CT molecular complexity index is 1120. The van der Waals surface area contributed by atoms with Crippen LogP contribution in [0.25, 0.3) is 0 Å². The summed E-state index contributed by atoms with van der Waals surface area (Å²) >= 11 is 0. The summed E-state index contributed by atoms with van der Waals surface area (Å²) in [6.07, 6.45) is 64.1. The number of allylic oxidation sites excluding steroid dienone is 8. The second-order valence-corrected chi connectivity index (χ2v) is 18.5. The van der Waals surface area contributed by atoms with Crippen LogP contribution in [0.2, 0.25) is 0 Å². The Morgan fingerprint density at radius 2 is 0.609 bits per heavy atom. The van der Waals surface area contributed by atoms with E-state index in [1.807, 2.05) is 6.08 Å². The third-order valence-electron chi connectivity index (χ3n) is 12.1. The summed E-state index contributed by atoms with van der Waals surface area (Å²) in [5.41, 5.74) is 0. The Hall–Kier alpha value is -2.63. The topological polar surface area (TPSA) is 78.9 Å². The molecule has 64 heavy (non-hydrogen) atoms. The second kappa shape index (κ2) is 53.0. The van der Waals surface area contributed by atoms with Crippen LogP contribution in [-0.2, 0) is 28.6 Å². The van der Waals surface area contributed by atoms with E-state index in [-0.39, 0.29) is 37.5 Å². The van der Waals surface area contributed by atoms with E-state index in [1.165, 1.54) is 173 Å². The van der Waals surface area contributed by atoms with Crippen LogP contribution in [0.4, 0.5) is 0 Å². The Morgan fingerprint density at radius 3 is 0.922 bits per heavy atom. The van der Waals surface area contributed by atoms with Gasteiger partial charge in [0.05, 0.1) is 0 Å². The van der Waals surface area contributed by atoms with E-state index in [2.05, 4.69) is 63.3 Å². The number of hydrogen-bond donors (Lipinski definition) is 0. The minimum Gasteiger partial charge on any atom is -0.462 e. The van der Waals surface area contributed by atoms with E-state index in [0.717, 1.165) is 64.2 Å². The van der Waals surface area contributed by atoms with Crippen molar-refractivity contribution in [1.82, 2.24) is 0 Å². The van der Waals surface area contributed by atoms with E-state index in [0.29, 0.717) is 19.3 Å². The molecular formula is C58H104O6. The Labute approximate surface area is 397 Å². The average molecular weight is 897 g/mol. The van der Waals surface area contributed by atoms with Gasteiger partial charge in [-0.15, -0.1) is 0 Å². The lowest BCUT2D eigenvalue weighted by Gasteiger charge is -2.18. The quantitative estimate of drug-likeness (QED) is 0.0262. The largest absolute Gasteiger partial charge is 0.462 e. The molecule has 0 N–H and O–H groups in total. The van der Waals surface area contributed by atoms with E-state index >= 15 is 0 Å². The van der Waals surface area contributed by atoms with Crippen LogP contribution >= 0.6 is 0 Å². The number of hydrogen-bond acceptors (Lipinski definition) is 6. The van der Waals surface area contributed by atoms with Crippen molar-refractivity contribution in [2.24, 2.45) is 0 Å². The highest BCUT2D eigenvalue weighted by molar-refractivity contribution is 5.71. The van der Waals surface area contributed by atoms with Crippen molar-refractivity contribution in [2.45, 2.75) is 290 Å². The van der Waals surface area contributed by atoms with Crippen molar-refractivity contribution in [3.05, 3.63) is 48.6 Å². The van der Waals surface area contributed by atoms with Gasteiger partial charge >= 0.3 is 17.9 Å². The van der Waals surface area contributed by atoms with Crippen molar-refractivity contribution in [3.8, 4) is 0 Å². The standard InChI is InChI=1S/C58H104O6/c1-4-7-10-13-16-19-22-25-26-27-28-29-30-31-32-34-36-39-42-45-48-51-57(60)63-54-55(53-62-56(59)50-47-44-41-38-35-24-21-18-15-12-9-6-3)64-58(61)52-49-46-43-40-37-33-23-20-17-14-11-8-5-2/h8,11,17,20,33,37,43,46,55H,4-7,9-10,12-16,18-19,21-32,34-36,38-42,44-45,47-54H2,1-3H3/b11-8-,20-17-,37-33-,46-43-. The number of carbonyl (C=O) groups excluding carboxylic acids is 3. The predicted octanol–water partition coefficient (Wildman–Crippen LogP) is 18.3. The summed E-state index contributed by atoms with van der Waals surface area (Å²) in [6.45, 7) is 6.49. The van der Waals surface area contributed by atoms with E-state index < -0.39 is 6.10 Å². The van der Waals surface area contributed by atoms with E-state index in [4.69, 9.17) is 14.2 Å². The molecule has 372 valence electrons. The molecule has 1 unspecified atom stereocenters. The molecule has 0 rings (SSSR count). The molecule has 0 saturated heterocycles. The summed E-state index contributed by atoms with van der Waals surface area (Å²) in [5.74, 6) is -0.967. The molecule has 0 fully saturated rings. The van der Waals surface area contributed by atoms with Crippen LogP contribution in [0.5, 0.6) is 0 Å². The fraction of sp³-hybridized carbons (Fsp3) is 0.810. The van der Waals surface area contributed by atoms with Crippen molar-refractivity contribution < 1.29 is 28.6 Å². The summed E-state index contributed by atoms with van der Waals surface area (Å²) in [7, 11) is 0. The molecule has 0 aliphatic carbocycles. The molecule has 1 atom stereocenters. The number of ether oxygens (including phenoxy) is 3. The van der Waals surface area contributed by atoms with E-state index in [1.54, 1.807) is 0 Å². The van der Waals surface area contributed by atoms with Crippen molar-refractivity contribution in [2.75, 3.05) is 13.2 Å². The molecule has 0 aromatic heterocycles. The number of rotatable bonds is 50. The van der Waals surface area contributed by atoms with Gasteiger partial charge in [-0.2, -0.15) is 0 Å². The molecule has 0 aliphatic heterocycles. The van der Waals surface area contributed by atoms with Gasteiger partial charge in [-0.05, 0) is 44.9 Å². The molecule has 0 spiro atoms. The molecule has 6 nitrogen and oxygen atoms in total. The van der Waals surface area contributed by atoms with Gasteiger partial charge in [0.25, 0.3) is 0 Å². The maximum absolute atomic E-state index is 12.8. The first-order valence-corrected chi connectivity index (χ1v) is 27.6. The highest BCUT2D eigenvalue weighted by Gasteiger charge is 2.19. The van der Waals surface area contributed by atoms with Gasteiger partial charge in [0, 0.05) is 19.3 Å². The highest BCUT2D eigenvalue weighted by Crippen LogP contribution is 2.17. The SMILES string of the molecule is CC/C=C\C/C=C\C/C=C\C/C=C\CCC(=O)OC(COC(=O)CCCCCCCCCCCCCC)COC(=O)CCCCCCCCCCCCCCCCCCCCCCC. The van der Waals surface area contributed by atoms with Crippen LogP contribution in [0, 0.1) is 0 Å². The molecule has 0 saturated carbocycles. The Balaban J connectivity index is 4.31. The predicted molar refractivity (Wildman–Crippen MR) is 275 cm³/mol. The zero-order valence-electron chi connectivity index (χ0n) is 42.6. The molecule has 0 heterocycles. The smallest absolute Gasteiger partial charge is 0.306 e. The fourth-order valence-corrected chi connectivity index (χ4v) is 7.99. The molecule has 0 amide bonds. The number of esters is 3. The van der Waals surface area contributed by atoms with Gasteiger partial charge in [-0.25, -0.2) is 0 Å². The monoisotopic (exact) mass is 897 g/mol. The first-order valence-electron chi connectivity index (χ1n) is 27.6. The van der Waals surface area contributed by atoms with Gasteiger partial charge < -0.3 is 14.2 Å². The molecule has 0 radical (unpaired) electrons. The maximum Gasteiger partial charge on any atom is 0.306 e. The van der Waals surface area contributed by atoms with Crippen LogP contribution in [0.15, 0.2) is 48.6 Å². The fourth-order valence-electron chi connectivity index (χ4n) is 7.99. The zero-order chi connectivity index (χ0) is 46.5. The van der Waals surface area contributed by atoms with Crippen LogP contribution in [0.1, 0.15) is 284 Å². The lowest BCUT2D eigenvalue weighted by molar-refractivity contribution is -0.166. The van der Waals surface area contributed by atoms with Crippen LogP contribution in [0.3, 0.4) is 0 Å². The maximum atomic E-state index is 12.8. The average Bonchev–Trinajstić information content (AvgIpc) is 3.29. The lowest BCUT2D eigenvalue weighted by Crippen LogP contribution is -2.30. The van der Waals surface area contributed by atoms with Gasteiger partial charge in [0.15, 0.2) is 6.10 Å². The molecular weight excluding hydrogens is 793 g/mol. The van der Waals surface area contributed by atoms with Crippen LogP contribution in [-0.4, -0.2) is 37.2 Å². The lowest BCUT2D eigenvalue weighted by atomic mass is 10.0.